The van der Waals surface area contributed by atoms with E-state index in [0.717, 1.165) is 44.8 Å². The Balaban J connectivity index is 0.00000312. The molecule has 0 aromatic heterocycles. The third kappa shape index (κ3) is 6.42. The number of hydrogen-bond donors (Lipinski definition) is 2. The average molecular weight is 460 g/mol. The molecule has 1 aromatic rings. The Morgan fingerprint density at radius 3 is 2.60 bits per heavy atom. The van der Waals surface area contributed by atoms with Gasteiger partial charge in [-0.05, 0) is 43.4 Å². The lowest BCUT2D eigenvalue weighted by molar-refractivity contribution is 0.143. The molecule has 0 spiro atoms. The maximum absolute atomic E-state index is 6.17. The van der Waals surface area contributed by atoms with Gasteiger partial charge in [0.15, 0.2) is 5.96 Å². The summed E-state index contributed by atoms with van der Waals surface area (Å²) in [6.07, 6.45) is 4.38. The van der Waals surface area contributed by atoms with Crippen LogP contribution in [-0.2, 0) is 17.6 Å². The molecule has 6 heteroatoms. The first kappa shape index (κ1) is 22.2. The summed E-state index contributed by atoms with van der Waals surface area (Å²) in [6.45, 7) is 7.97. The summed E-state index contributed by atoms with van der Waals surface area (Å²) in [5.74, 6) is 0.518. The molecule has 1 heterocycles. The monoisotopic (exact) mass is 460 g/mol. The molecular weight excluding hydrogens is 427 g/mol. The van der Waals surface area contributed by atoms with Crippen LogP contribution in [0.15, 0.2) is 23.2 Å². The van der Waals surface area contributed by atoms with Gasteiger partial charge in [0.25, 0.3) is 0 Å². The molecule has 1 saturated heterocycles. The number of aryl methyl sites for hydroxylation is 2. The first-order valence-corrected chi connectivity index (χ1v) is 9.10. The topological polar surface area (TPSA) is 62.9 Å². The van der Waals surface area contributed by atoms with Crippen molar-refractivity contribution < 1.29 is 4.74 Å². The minimum absolute atomic E-state index is 0. The van der Waals surface area contributed by atoms with Gasteiger partial charge in [-0.3, -0.25) is 9.89 Å². The van der Waals surface area contributed by atoms with E-state index in [2.05, 4.69) is 47.3 Å². The number of rotatable bonds is 8. The third-order valence-corrected chi connectivity index (χ3v) is 4.81. The number of benzene rings is 1. The number of methoxy groups -OCH3 is 1. The molecule has 0 radical (unpaired) electrons. The second kappa shape index (κ2) is 11.7. The number of nitrogens with one attached hydrogen (secondary N) is 1. The van der Waals surface area contributed by atoms with Crippen LogP contribution in [0.2, 0.25) is 0 Å². The summed E-state index contributed by atoms with van der Waals surface area (Å²) in [5.41, 5.74) is 9.88. The number of para-hydroxylation sites is 1. The van der Waals surface area contributed by atoms with E-state index in [-0.39, 0.29) is 24.0 Å². The molecule has 0 amide bonds. The molecule has 5 nitrogen and oxygen atoms in total. The van der Waals surface area contributed by atoms with Crippen LogP contribution in [0, 0.1) is 0 Å². The molecule has 1 unspecified atom stereocenters. The highest BCUT2D eigenvalue weighted by atomic mass is 127. The largest absolute Gasteiger partial charge is 0.383 e. The zero-order chi connectivity index (χ0) is 17.4. The van der Waals surface area contributed by atoms with E-state index in [4.69, 9.17) is 10.5 Å². The molecule has 0 saturated carbocycles. The Labute approximate surface area is 169 Å². The number of guanidine groups is 1. The number of hydrogen-bond acceptors (Lipinski definition) is 3. The van der Waals surface area contributed by atoms with Gasteiger partial charge < -0.3 is 15.8 Å². The van der Waals surface area contributed by atoms with Crippen LogP contribution in [0.25, 0.3) is 0 Å². The molecule has 0 aliphatic carbocycles. The molecular formula is C19H33IN4O. The standard InChI is InChI=1S/C19H32N4O.HI/c1-4-15-8-6-9-16(5-2)18(15)22-19(20)21-14-17-10-7-11-23(17)12-13-24-3;/h6,8-9,17H,4-5,7,10-14H2,1-3H3,(H3,20,21,22);1H. The number of likely N-dealkylation sites (tertiary alicyclic amines) is 1. The summed E-state index contributed by atoms with van der Waals surface area (Å²) in [7, 11) is 1.75. The fourth-order valence-corrected chi connectivity index (χ4v) is 3.38. The fraction of sp³-hybridized carbons (Fsp3) is 0.632. The molecule has 1 aromatic carbocycles. The first-order valence-electron chi connectivity index (χ1n) is 9.10. The van der Waals surface area contributed by atoms with Gasteiger partial charge in [0.1, 0.15) is 0 Å². The Bertz CT molecular complexity index is 528. The number of ether oxygens (including phenoxy) is 1. The quantitative estimate of drug-likeness (QED) is 0.355. The highest BCUT2D eigenvalue weighted by Crippen LogP contribution is 2.22. The fourth-order valence-electron chi connectivity index (χ4n) is 3.38. The van der Waals surface area contributed by atoms with Crippen LogP contribution in [0.3, 0.4) is 0 Å². The molecule has 142 valence electrons. The van der Waals surface area contributed by atoms with Gasteiger partial charge >= 0.3 is 0 Å². The smallest absolute Gasteiger partial charge is 0.193 e. The average Bonchev–Trinajstić information content (AvgIpc) is 3.05. The second-order valence-electron chi connectivity index (χ2n) is 6.33. The van der Waals surface area contributed by atoms with Crippen LogP contribution in [-0.4, -0.2) is 50.3 Å². The molecule has 1 atom stereocenters. The van der Waals surface area contributed by atoms with Crippen molar-refractivity contribution in [2.45, 2.75) is 45.6 Å². The lowest BCUT2D eigenvalue weighted by Gasteiger charge is -2.22. The first-order chi connectivity index (χ1) is 11.7. The predicted molar refractivity (Wildman–Crippen MR) is 117 cm³/mol. The van der Waals surface area contributed by atoms with Crippen molar-refractivity contribution in [3.8, 4) is 0 Å². The highest BCUT2D eigenvalue weighted by Gasteiger charge is 2.23. The normalized spacial score (nSPS) is 18.2. The van der Waals surface area contributed by atoms with Crippen molar-refractivity contribution >= 4 is 35.6 Å². The van der Waals surface area contributed by atoms with E-state index in [1.165, 1.54) is 24.0 Å². The van der Waals surface area contributed by atoms with Crippen LogP contribution in [0.1, 0.15) is 37.8 Å². The maximum Gasteiger partial charge on any atom is 0.193 e. The van der Waals surface area contributed by atoms with Gasteiger partial charge in [-0.1, -0.05) is 32.0 Å². The van der Waals surface area contributed by atoms with E-state index >= 15 is 0 Å². The molecule has 25 heavy (non-hydrogen) atoms. The van der Waals surface area contributed by atoms with E-state index in [0.29, 0.717) is 12.0 Å². The SMILES string of the molecule is CCc1cccc(CC)c1NC(N)=NCC1CCCN1CCOC.I. The van der Waals surface area contributed by atoms with Crippen LogP contribution < -0.4 is 11.1 Å². The summed E-state index contributed by atoms with van der Waals surface area (Å²) in [5, 5.41) is 3.35. The molecule has 1 aliphatic rings. The Hall–Kier alpha value is -0.860. The molecule has 3 N–H and O–H groups in total. The summed E-state index contributed by atoms with van der Waals surface area (Å²) in [6, 6.07) is 6.89. The van der Waals surface area contributed by atoms with Crippen LogP contribution in [0.5, 0.6) is 0 Å². The van der Waals surface area contributed by atoms with Gasteiger partial charge in [0, 0.05) is 25.4 Å². The zero-order valence-corrected chi connectivity index (χ0v) is 18.1. The van der Waals surface area contributed by atoms with E-state index in [9.17, 15) is 0 Å². The van der Waals surface area contributed by atoms with E-state index in [1.54, 1.807) is 7.11 Å². The molecule has 1 fully saturated rings. The number of nitrogens with zero attached hydrogens (tertiary/aromatic N) is 2. The van der Waals surface area contributed by atoms with Crippen molar-refractivity contribution in [2.24, 2.45) is 10.7 Å². The predicted octanol–water partition coefficient (Wildman–Crippen LogP) is 3.27. The van der Waals surface area contributed by atoms with Crippen LogP contribution in [0.4, 0.5) is 5.69 Å². The zero-order valence-electron chi connectivity index (χ0n) is 15.8. The summed E-state index contributed by atoms with van der Waals surface area (Å²) in [4.78, 5) is 7.07. The van der Waals surface area contributed by atoms with E-state index < -0.39 is 0 Å². The van der Waals surface area contributed by atoms with Gasteiger partial charge in [0.2, 0.25) is 0 Å². The van der Waals surface area contributed by atoms with Crippen molar-refractivity contribution in [3.05, 3.63) is 29.3 Å². The number of halogens is 1. The lowest BCUT2D eigenvalue weighted by Crippen LogP contribution is -2.35. The van der Waals surface area contributed by atoms with Crippen LogP contribution >= 0.6 is 24.0 Å². The highest BCUT2D eigenvalue weighted by molar-refractivity contribution is 14.0. The Kier molecular flexibility index (Phi) is 10.4. The minimum atomic E-state index is 0. The van der Waals surface area contributed by atoms with Gasteiger partial charge in [0.05, 0.1) is 13.2 Å². The van der Waals surface area contributed by atoms with Gasteiger partial charge in [-0.15, -0.1) is 24.0 Å². The van der Waals surface area contributed by atoms with Crippen molar-refractivity contribution in [3.63, 3.8) is 0 Å². The van der Waals surface area contributed by atoms with Gasteiger partial charge in [-0.2, -0.15) is 0 Å². The lowest BCUT2D eigenvalue weighted by atomic mass is 10.0. The molecule has 1 aliphatic heterocycles. The summed E-state index contributed by atoms with van der Waals surface area (Å²) < 4.78 is 5.19. The minimum Gasteiger partial charge on any atom is -0.383 e. The number of anilines is 1. The van der Waals surface area contributed by atoms with Crippen molar-refractivity contribution in [2.75, 3.05) is 38.7 Å². The van der Waals surface area contributed by atoms with Gasteiger partial charge in [-0.25, -0.2) is 0 Å². The second-order valence-corrected chi connectivity index (χ2v) is 6.33. The third-order valence-electron chi connectivity index (χ3n) is 4.81. The van der Waals surface area contributed by atoms with E-state index in [1.807, 2.05) is 0 Å². The Morgan fingerprint density at radius 1 is 1.32 bits per heavy atom. The Morgan fingerprint density at radius 2 is 2.00 bits per heavy atom. The van der Waals surface area contributed by atoms with Crippen molar-refractivity contribution in [1.82, 2.24) is 4.90 Å². The van der Waals surface area contributed by atoms with Crippen molar-refractivity contribution in [1.29, 1.82) is 0 Å². The molecule has 0 bridgehead atoms. The number of nitrogens with two attached hydrogens (primary N) is 1. The number of aliphatic imine (C=N–C) groups is 1. The molecule has 2 rings (SSSR count). The maximum atomic E-state index is 6.17. The summed E-state index contributed by atoms with van der Waals surface area (Å²) >= 11 is 0.